The van der Waals surface area contributed by atoms with Crippen molar-refractivity contribution < 1.29 is 4.79 Å². The maximum Gasteiger partial charge on any atom is 0.231 e. The molecular formula is C22H26N6O. The Morgan fingerprint density at radius 2 is 1.86 bits per heavy atom. The van der Waals surface area contributed by atoms with E-state index in [1.807, 2.05) is 24.0 Å². The first-order chi connectivity index (χ1) is 14.0. The standard InChI is InChI=1S/C22H26N6O/c1-4-15-9-10-28(22(15)29)20-11-19(23-14(2)24-20)27-12-16(13-27)21-25-17-7-5-6-8-18(17)26(21)3/h5-8,11,15-16H,4,9-10,12-13H2,1-3H3. The number of aryl methyl sites for hydroxylation is 2. The number of hydrogen-bond acceptors (Lipinski definition) is 5. The van der Waals surface area contributed by atoms with Crippen molar-refractivity contribution in [1.29, 1.82) is 0 Å². The Morgan fingerprint density at radius 1 is 1.10 bits per heavy atom. The van der Waals surface area contributed by atoms with E-state index in [0.29, 0.717) is 11.7 Å². The molecule has 29 heavy (non-hydrogen) atoms. The first-order valence-electron chi connectivity index (χ1n) is 10.4. The third-order valence-corrected chi connectivity index (χ3v) is 6.29. The highest BCUT2D eigenvalue weighted by Crippen LogP contribution is 2.34. The van der Waals surface area contributed by atoms with Gasteiger partial charge in [0.1, 0.15) is 23.3 Å². The number of benzene rings is 1. The summed E-state index contributed by atoms with van der Waals surface area (Å²) in [6.45, 7) is 6.46. The fourth-order valence-electron chi connectivity index (χ4n) is 4.54. The van der Waals surface area contributed by atoms with Gasteiger partial charge in [-0.2, -0.15) is 0 Å². The minimum Gasteiger partial charge on any atom is -0.355 e. The summed E-state index contributed by atoms with van der Waals surface area (Å²) in [6.07, 6.45) is 1.80. The minimum atomic E-state index is 0.125. The Bertz CT molecular complexity index is 1080. The number of fused-ring (bicyclic) bond motifs is 1. The van der Waals surface area contributed by atoms with E-state index in [1.165, 1.54) is 5.52 Å². The van der Waals surface area contributed by atoms with Gasteiger partial charge in [-0.25, -0.2) is 15.0 Å². The smallest absolute Gasteiger partial charge is 0.231 e. The molecule has 0 N–H and O–H groups in total. The van der Waals surface area contributed by atoms with Crippen molar-refractivity contribution in [1.82, 2.24) is 19.5 Å². The normalized spacial score (nSPS) is 20.0. The number of rotatable bonds is 4. The fraction of sp³-hybridized carbons (Fsp3) is 0.455. The van der Waals surface area contributed by atoms with Crippen LogP contribution in [0.15, 0.2) is 30.3 Å². The van der Waals surface area contributed by atoms with E-state index in [2.05, 4.69) is 51.6 Å². The molecule has 150 valence electrons. The molecule has 0 bridgehead atoms. The predicted molar refractivity (Wildman–Crippen MR) is 113 cm³/mol. The Hall–Kier alpha value is -2.96. The van der Waals surface area contributed by atoms with Crippen molar-refractivity contribution >= 4 is 28.6 Å². The molecule has 7 nitrogen and oxygen atoms in total. The molecule has 0 spiro atoms. The maximum absolute atomic E-state index is 12.6. The van der Waals surface area contributed by atoms with Crippen LogP contribution in [0, 0.1) is 12.8 Å². The Morgan fingerprint density at radius 3 is 2.59 bits per heavy atom. The zero-order valence-electron chi connectivity index (χ0n) is 17.2. The lowest BCUT2D eigenvalue weighted by Crippen LogP contribution is -2.46. The van der Waals surface area contributed by atoms with Crippen LogP contribution in [0.5, 0.6) is 0 Å². The summed E-state index contributed by atoms with van der Waals surface area (Å²) >= 11 is 0. The van der Waals surface area contributed by atoms with E-state index in [0.717, 1.165) is 55.5 Å². The molecule has 2 aliphatic heterocycles. The van der Waals surface area contributed by atoms with Crippen LogP contribution in [0.25, 0.3) is 11.0 Å². The first-order valence-corrected chi connectivity index (χ1v) is 10.4. The van der Waals surface area contributed by atoms with Gasteiger partial charge in [0, 0.05) is 38.7 Å². The van der Waals surface area contributed by atoms with E-state index < -0.39 is 0 Å². The van der Waals surface area contributed by atoms with Crippen molar-refractivity contribution in [3.63, 3.8) is 0 Å². The number of aromatic nitrogens is 4. The van der Waals surface area contributed by atoms with E-state index in [-0.39, 0.29) is 11.8 Å². The van der Waals surface area contributed by atoms with Crippen LogP contribution in [0.4, 0.5) is 11.6 Å². The van der Waals surface area contributed by atoms with Crippen LogP contribution in [-0.2, 0) is 11.8 Å². The average Bonchev–Trinajstić information content (AvgIpc) is 3.21. The lowest BCUT2D eigenvalue weighted by molar-refractivity contribution is -0.120. The molecule has 0 aliphatic carbocycles. The molecule has 0 radical (unpaired) electrons. The van der Waals surface area contributed by atoms with Crippen LogP contribution in [0.2, 0.25) is 0 Å². The second kappa shape index (κ2) is 6.83. The van der Waals surface area contributed by atoms with Crippen LogP contribution >= 0.6 is 0 Å². The number of amides is 1. The topological polar surface area (TPSA) is 67.2 Å². The van der Waals surface area contributed by atoms with Crippen LogP contribution in [0.1, 0.15) is 37.3 Å². The highest BCUT2D eigenvalue weighted by atomic mass is 16.2. The Labute approximate surface area is 170 Å². The molecule has 1 atom stereocenters. The summed E-state index contributed by atoms with van der Waals surface area (Å²) in [5.74, 6) is 4.15. The third-order valence-electron chi connectivity index (χ3n) is 6.29. The summed E-state index contributed by atoms with van der Waals surface area (Å²) in [5.41, 5.74) is 2.21. The fourth-order valence-corrected chi connectivity index (χ4v) is 4.54. The van der Waals surface area contributed by atoms with Crippen molar-refractivity contribution in [2.24, 2.45) is 13.0 Å². The second-order valence-electron chi connectivity index (χ2n) is 8.13. The highest BCUT2D eigenvalue weighted by Gasteiger charge is 2.35. The van der Waals surface area contributed by atoms with Gasteiger partial charge >= 0.3 is 0 Å². The number of imidazole rings is 1. The molecule has 1 unspecified atom stereocenters. The van der Waals surface area contributed by atoms with Gasteiger partial charge in [0.15, 0.2) is 0 Å². The quantitative estimate of drug-likeness (QED) is 0.685. The summed E-state index contributed by atoms with van der Waals surface area (Å²) in [7, 11) is 2.09. The van der Waals surface area contributed by atoms with Gasteiger partial charge in [-0.3, -0.25) is 9.69 Å². The molecule has 5 rings (SSSR count). The zero-order valence-corrected chi connectivity index (χ0v) is 17.2. The number of para-hydroxylation sites is 2. The predicted octanol–water partition coefficient (Wildman–Crippen LogP) is 3.04. The van der Waals surface area contributed by atoms with Gasteiger partial charge in [0.05, 0.1) is 17.0 Å². The molecule has 7 heteroatoms. The Balaban J connectivity index is 1.36. The summed E-state index contributed by atoms with van der Waals surface area (Å²) < 4.78 is 2.20. The molecule has 2 fully saturated rings. The lowest BCUT2D eigenvalue weighted by Gasteiger charge is -2.40. The molecule has 2 aromatic heterocycles. The first kappa shape index (κ1) is 18.1. The molecule has 2 aliphatic rings. The van der Waals surface area contributed by atoms with Gasteiger partial charge in [0.25, 0.3) is 0 Å². The number of hydrogen-bond donors (Lipinski definition) is 0. The lowest BCUT2D eigenvalue weighted by atomic mass is 9.99. The summed E-state index contributed by atoms with van der Waals surface area (Å²) in [5, 5.41) is 0. The molecule has 0 saturated carbocycles. The summed E-state index contributed by atoms with van der Waals surface area (Å²) in [6, 6.07) is 10.2. The van der Waals surface area contributed by atoms with Gasteiger partial charge in [-0.1, -0.05) is 19.1 Å². The second-order valence-corrected chi connectivity index (χ2v) is 8.13. The van der Waals surface area contributed by atoms with Gasteiger partial charge in [-0.15, -0.1) is 0 Å². The molecule has 2 saturated heterocycles. The average molecular weight is 390 g/mol. The largest absolute Gasteiger partial charge is 0.355 e. The van der Waals surface area contributed by atoms with Crippen LogP contribution in [0.3, 0.4) is 0 Å². The molecule has 3 aromatic rings. The van der Waals surface area contributed by atoms with Gasteiger partial charge < -0.3 is 9.47 Å². The molecule has 1 aromatic carbocycles. The number of anilines is 2. The van der Waals surface area contributed by atoms with Crippen molar-refractivity contribution in [2.75, 3.05) is 29.4 Å². The van der Waals surface area contributed by atoms with Crippen LogP contribution in [-0.4, -0.2) is 45.1 Å². The third kappa shape index (κ3) is 2.96. The van der Waals surface area contributed by atoms with E-state index in [4.69, 9.17) is 4.98 Å². The monoisotopic (exact) mass is 390 g/mol. The van der Waals surface area contributed by atoms with Gasteiger partial charge in [0.2, 0.25) is 5.91 Å². The maximum atomic E-state index is 12.6. The van der Waals surface area contributed by atoms with E-state index in [1.54, 1.807) is 0 Å². The molecular weight excluding hydrogens is 364 g/mol. The van der Waals surface area contributed by atoms with E-state index >= 15 is 0 Å². The summed E-state index contributed by atoms with van der Waals surface area (Å²) in [4.78, 5) is 30.7. The van der Waals surface area contributed by atoms with Gasteiger partial charge in [-0.05, 0) is 31.9 Å². The van der Waals surface area contributed by atoms with Crippen LogP contribution < -0.4 is 9.80 Å². The van der Waals surface area contributed by atoms with E-state index in [9.17, 15) is 4.79 Å². The molecule has 4 heterocycles. The SMILES string of the molecule is CCC1CCN(c2cc(N3CC(c4nc5ccccc5n4C)C3)nc(C)n2)C1=O. The zero-order chi connectivity index (χ0) is 20.1. The minimum absolute atomic E-state index is 0.125. The number of carbonyl (C=O) groups excluding carboxylic acids is 1. The highest BCUT2D eigenvalue weighted by molar-refractivity contribution is 5.96. The van der Waals surface area contributed by atoms with Crippen molar-refractivity contribution in [3.8, 4) is 0 Å². The number of carbonyl (C=O) groups is 1. The number of nitrogens with zero attached hydrogens (tertiary/aromatic N) is 6. The Kier molecular flexibility index (Phi) is 4.26. The van der Waals surface area contributed by atoms with Crippen molar-refractivity contribution in [3.05, 3.63) is 42.0 Å². The van der Waals surface area contributed by atoms with Crippen molar-refractivity contribution in [2.45, 2.75) is 32.6 Å². The molecule has 1 amide bonds.